The molecule has 3 rings (SSSR count). The molecule has 0 spiro atoms. The van der Waals surface area contributed by atoms with Gasteiger partial charge in [0.2, 0.25) is 11.8 Å². The van der Waals surface area contributed by atoms with E-state index in [0.717, 1.165) is 25.9 Å². The molecule has 1 unspecified atom stereocenters. The minimum Gasteiger partial charge on any atom is -0.495 e. The quantitative estimate of drug-likeness (QED) is 0.885. The first-order chi connectivity index (χ1) is 12.0. The fraction of sp³-hybridized carbons (Fsp3) is 0.556. The first kappa shape index (κ1) is 18.0. The fourth-order valence-corrected chi connectivity index (χ4v) is 3.79. The van der Waals surface area contributed by atoms with Crippen LogP contribution in [0, 0.1) is 5.92 Å². The second kappa shape index (κ2) is 7.62. The Morgan fingerprint density at radius 2 is 2.04 bits per heavy atom. The van der Waals surface area contributed by atoms with Crippen LogP contribution in [0.5, 0.6) is 5.75 Å². The summed E-state index contributed by atoms with van der Waals surface area (Å²) >= 11 is 6.07. The van der Waals surface area contributed by atoms with Crippen molar-refractivity contribution in [3.05, 3.63) is 23.2 Å². The molecule has 2 aliphatic heterocycles. The molecule has 1 N–H and O–H groups in total. The number of benzene rings is 1. The average molecular weight is 366 g/mol. The van der Waals surface area contributed by atoms with E-state index in [0.29, 0.717) is 29.0 Å². The Labute approximate surface area is 153 Å². The van der Waals surface area contributed by atoms with Gasteiger partial charge in [-0.2, -0.15) is 0 Å². The average Bonchev–Trinajstić information content (AvgIpc) is 3.02. The molecule has 25 heavy (non-hydrogen) atoms. The minimum atomic E-state index is -0.303. The molecular weight excluding hydrogens is 342 g/mol. The molecule has 2 aliphatic rings. The second-order valence-corrected chi connectivity index (χ2v) is 7.05. The summed E-state index contributed by atoms with van der Waals surface area (Å²) < 4.78 is 5.34. The monoisotopic (exact) mass is 365 g/mol. The topological polar surface area (TPSA) is 61.9 Å². The van der Waals surface area contributed by atoms with Crippen molar-refractivity contribution >= 4 is 29.1 Å². The van der Waals surface area contributed by atoms with E-state index in [1.165, 1.54) is 0 Å². The van der Waals surface area contributed by atoms with Crippen LogP contribution >= 0.6 is 11.6 Å². The molecule has 136 valence electrons. The number of ether oxygens (including phenoxy) is 1. The van der Waals surface area contributed by atoms with Crippen molar-refractivity contribution in [3.8, 4) is 5.75 Å². The lowest BCUT2D eigenvalue weighted by atomic mass is 10.0. The van der Waals surface area contributed by atoms with Gasteiger partial charge in [0.15, 0.2) is 0 Å². The standard InChI is InChI=1S/C18H24ClN3O3/c1-20-14-5-7-21(8-6-14)18(24)12-9-17(23)22(11-12)15-10-13(19)3-4-16(15)25-2/h3-4,10,12,14,20H,5-9,11H2,1-2H3. The van der Waals surface area contributed by atoms with Crippen LogP contribution in [0.1, 0.15) is 19.3 Å². The van der Waals surface area contributed by atoms with Gasteiger partial charge in [-0.05, 0) is 38.1 Å². The molecule has 1 aromatic rings. The van der Waals surface area contributed by atoms with Gasteiger partial charge in [0, 0.05) is 37.1 Å². The van der Waals surface area contributed by atoms with Crippen molar-refractivity contribution in [2.45, 2.75) is 25.3 Å². The molecule has 2 heterocycles. The van der Waals surface area contributed by atoms with Gasteiger partial charge in [-0.25, -0.2) is 0 Å². The Kier molecular flexibility index (Phi) is 5.49. The highest BCUT2D eigenvalue weighted by atomic mass is 35.5. The molecular formula is C18H24ClN3O3. The number of hydrogen-bond acceptors (Lipinski definition) is 4. The van der Waals surface area contributed by atoms with Gasteiger partial charge >= 0.3 is 0 Å². The summed E-state index contributed by atoms with van der Waals surface area (Å²) in [5, 5.41) is 3.79. The van der Waals surface area contributed by atoms with Crippen molar-refractivity contribution in [2.75, 3.05) is 38.7 Å². The van der Waals surface area contributed by atoms with E-state index in [2.05, 4.69) is 5.32 Å². The molecule has 2 saturated heterocycles. The van der Waals surface area contributed by atoms with E-state index >= 15 is 0 Å². The lowest BCUT2D eigenvalue weighted by Gasteiger charge is -2.33. The van der Waals surface area contributed by atoms with E-state index in [9.17, 15) is 9.59 Å². The zero-order valence-corrected chi connectivity index (χ0v) is 15.4. The fourth-order valence-electron chi connectivity index (χ4n) is 3.63. The minimum absolute atomic E-state index is 0.0657. The van der Waals surface area contributed by atoms with Crippen molar-refractivity contribution in [1.29, 1.82) is 0 Å². The Morgan fingerprint density at radius 1 is 1.32 bits per heavy atom. The van der Waals surface area contributed by atoms with E-state index in [4.69, 9.17) is 16.3 Å². The third kappa shape index (κ3) is 3.75. The maximum Gasteiger partial charge on any atom is 0.228 e. The summed E-state index contributed by atoms with van der Waals surface area (Å²) in [5.41, 5.74) is 0.629. The first-order valence-corrected chi connectivity index (χ1v) is 9.01. The zero-order valence-electron chi connectivity index (χ0n) is 14.6. The number of carbonyl (C=O) groups excluding carboxylic acids is 2. The van der Waals surface area contributed by atoms with Gasteiger partial charge in [-0.3, -0.25) is 9.59 Å². The maximum atomic E-state index is 12.8. The predicted octanol–water partition coefficient (Wildman–Crippen LogP) is 1.91. The van der Waals surface area contributed by atoms with Crippen LogP contribution in [-0.4, -0.2) is 56.5 Å². The Bertz CT molecular complexity index is 659. The third-order valence-corrected chi connectivity index (χ3v) is 5.36. The molecule has 2 amide bonds. The van der Waals surface area contributed by atoms with Crippen molar-refractivity contribution in [2.24, 2.45) is 5.92 Å². The zero-order chi connectivity index (χ0) is 18.0. The van der Waals surface area contributed by atoms with Crippen LogP contribution < -0.4 is 15.0 Å². The summed E-state index contributed by atoms with van der Waals surface area (Å²) in [7, 11) is 3.51. The lowest BCUT2D eigenvalue weighted by Crippen LogP contribution is -2.46. The summed E-state index contributed by atoms with van der Waals surface area (Å²) in [6.45, 7) is 1.87. The van der Waals surface area contributed by atoms with Crippen LogP contribution in [0.4, 0.5) is 5.69 Å². The number of methoxy groups -OCH3 is 1. The van der Waals surface area contributed by atoms with E-state index < -0.39 is 0 Å². The second-order valence-electron chi connectivity index (χ2n) is 6.61. The molecule has 2 fully saturated rings. The highest BCUT2D eigenvalue weighted by Crippen LogP contribution is 2.35. The van der Waals surface area contributed by atoms with Gasteiger partial charge in [0.1, 0.15) is 5.75 Å². The summed E-state index contributed by atoms with van der Waals surface area (Å²) in [5.74, 6) is 0.290. The molecule has 7 heteroatoms. The van der Waals surface area contributed by atoms with Gasteiger partial charge in [0.25, 0.3) is 0 Å². The normalized spacial score (nSPS) is 21.7. The third-order valence-electron chi connectivity index (χ3n) is 5.12. The predicted molar refractivity (Wildman–Crippen MR) is 97.1 cm³/mol. The number of amides is 2. The Morgan fingerprint density at radius 3 is 2.68 bits per heavy atom. The summed E-state index contributed by atoms with van der Waals surface area (Å²) in [4.78, 5) is 28.8. The highest BCUT2D eigenvalue weighted by molar-refractivity contribution is 6.31. The molecule has 0 saturated carbocycles. The number of rotatable bonds is 4. The van der Waals surface area contributed by atoms with E-state index in [1.807, 2.05) is 11.9 Å². The van der Waals surface area contributed by atoms with E-state index in [-0.39, 0.29) is 24.2 Å². The molecule has 0 radical (unpaired) electrons. The lowest BCUT2D eigenvalue weighted by molar-refractivity contribution is -0.136. The van der Waals surface area contributed by atoms with Crippen LogP contribution in [0.2, 0.25) is 5.02 Å². The van der Waals surface area contributed by atoms with Crippen molar-refractivity contribution in [1.82, 2.24) is 10.2 Å². The van der Waals surface area contributed by atoms with Crippen molar-refractivity contribution < 1.29 is 14.3 Å². The Balaban J connectivity index is 1.70. The van der Waals surface area contributed by atoms with Crippen LogP contribution in [0.3, 0.4) is 0 Å². The largest absolute Gasteiger partial charge is 0.495 e. The molecule has 6 nitrogen and oxygen atoms in total. The number of nitrogens with zero attached hydrogens (tertiary/aromatic N) is 2. The molecule has 1 atom stereocenters. The van der Waals surface area contributed by atoms with Crippen LogP contribution in [-0.2, 0) is 9.59 Å². The van der Waals surface area contributed by atoms with Gasteiger partial charge in [-0.1, -0.05) is 11.6 Å². The summed E-state index contributed by atoms with van der Waals surface area (Å²) in [6, 6.07) is 5.65. The number of carbonyl (C=O) groups is 2. The first-order valence-electron chi connectivity index (χ1n) is 8.63. The Hall–Kier alpha value is -1.79. The number of nitrogens with one attached hydrogen (secondary N) is 1. The van der Waals surface area contributed by atoms with Gasteiger partial charge in [-0.15, -0.1) is 0 Å². The number of anilines is 1. The molecule has 0 aliphatic carbocycles. The number of hydrogen-bond donors (Lipinski definition) is 1. The SMILES string of the molecule is CNC1CCN(C(=O)C2CC(=O)N(c3cc(Cl)ccc3OC)C2)CC1. The number of halogens is 1. The summed E-state index contributed by atoms with van der Waals surface area (Å²) in [6.07, 6.45) is 2.14. The number of piperidine rings is 1. The van der Waals surface area contributed by atoms with E-state index in [1.54, 1.807) is 30.2 Å². The molecule has 1 aromatic carbocycles. The smallest absolute Gasteiger partial charge is 0.228 e. The molecule has 0 bridgehead atoms. The number of likely N-dealkylation sites (tertiary alicyclic amines) is 1. The van der Waals surface area contributed by atoms with Gasteiger partial charge in [0.05, 0.1) is 18.7 Å². The van der Waals surface area contributed by atoms with Crippen LogP contribution in [0.15, 0.2) is 18.2 Å². The van der Waals surface area contributed by atoms with Gasteiger partial charge < -0.3 is 19.9 Å². The maximum absolute atomic E-state index is 12.8. The van der Waals surface area contributed by atoms with Crippen LogP contribution in [0.25, 0.3) is 0 Å². The molecule has 0 aromatic heterocycles. The highest BCUT2D eigenvalue weighted by Gasteiger charge is 2.38. The van der Waals surface area contributed by atoms with Crippen molar-refractivity contribution in [3.63, 3.8) is 0 Å².